The highest BCUT2D eigenvalue weighted by atomic mass is 35.5. The number of carbonyl (C=O) groups excluding carboxylic acids is 2. The average Bonchev–Trinajstić information content (AvgIpc) is 2.64. The summed E-state index contributed by atoms with van der Waals surface area (Å²) in [5.74, 6) is -0.422. The lowest BCUT2D eigenvalue weighted by Gasteiger charge is -2.09. The fourth-order valence-corrected chi connectivity index (χ4v) is 2.15. The van der Waals surface area contributed by atoms with Gasteiger partial charge in [0.1, 0.15) is 5.75 Å². The van der Waals surface area contributed by atoms with Gasteiger partial charge in [0.05, 0.1) is 5.56 Å². The van der Waals surface area contributed by atoms with Gasteiger partial charge in [-0.05, 0) is 48.5 Å². The number of halogens is 4. The van der Waals surface area contributed by atoms with Crippen LogP contribution in [0.4, 0.5) is 13.2 Å². The number of carbonyl (C=O) groups is 2. The monoisotopic (exact) mass is 400 g/mol. The highest BCUT2D eigenvalue weighted by molar-refractivity contribution is 6.30. The molecule has 5 nitrogen and oxygen atoms in total. The molecule has 27 heavy (non-hydrogen) atoms. The summed E-state index contributed by atoms with van der Waals surface area (Å²) in [5.41, 5.74) is -0.729. The van der Waals surface area contributed by atoms with Crippen LogP contribution in [0.1, 0.15) is 15.9 Å². The Morgan fingerprint density at radius 3 is 2.11 bits per heavy atom. The molecule has 0 atom stereocenters. The van der Waals surface area contributed by atoms with Crippen molar-refractivity contribution in [1.29, 1.82) is 0 Å². The lowest BCUT2D eigenvalue weighted by Crippen LogP contribution is -2.36. The summed E-state index contributed by atoms with van der Waals surface area (Å²) in [5, 5.41) is 5.60. The number of nitrogens with one attached hydrogen (secondary N) is 2. The van der Waals surface area contributed by atoms with Crippen molar-refractivity contribution in [2.45, 2.75) is 6.18 Å². The molecule has 0 aliphatic rings. The summed E-state index contributed by atoms with van der Waals surface area (Å²) in [6.07, 6.45) is -4.45. The first-order valence-corrected chi connectivity index (χ1v) is 8.24. The molecule has 0 fully saturated rings. The van der Waals surface area contributed by atoms with Crippen molar-refractivity contribution in [1.82, 2.24) is 10.6 Å². The highest BCUT2D eigenvalue weighted by Gasteiger charge is 2.30. The SMILES string of the molecule is O=C(COc1ccc(Cl)cc1)NCCNC(=O)c1ccc(C(F)(F)F)cc1. The summed E-state index contributed by atoms with van der Waals surface area (Å²) in [4.78, 5) is 23.5. The predicted octanol–water partition coefficient (Wildman–Crippen LogP) is 3.28. The molecular formula is C18H16ClF3N2O3. The number of amides is 2. The topological polar surface area (TPSA) is 67.4 Å². The Bertz CT molecular complexity index is 778. The van der Waals surface area contributed by atoms with Crippen molar-refractivity contribution < 1.29 is 27.5 Å². The molecular weight excluding hydrogens is 385 g/mol. The summed E-state index contributed by atoms with van der Waals surface area (Å²) in [6.45, 7) is 0.0657. The van der Waals surface area contributed by atoms with Crippen LogP contribution >= 0.6 is 11.6 Å². The smallest absolute Gasteiger partial charge is 0.416 e. The maximum atomic E-state index is 12.5. The minimum atomic E-state index is -4.45. The number of rotatable bonds is 7. The van der Waals surface area contributed by atoms with E-state index in [-0.39, 0.29) is 31.2 Å². The van der Waals surface area contributed by atoms with Crippen LogP contribution < -0.4 is 15.4 Å². The van der Waals surface area contributed by atoms with Crippen LogP contribution in [0.25, 0.3) is 0 Å². The summed E-state index contributed by atoms with van der Waals surface area (Å²) < 4.78 is 42.7. The van der Waals surface area contributed by atoms with Crippen molar-refractivity contribution in [2.75, 3.05) is 19.7 Å². The predicted molar refractivity (Wildman–Crippen MR) is 93.7 cm³/mol. The summed E-state index contributed by atoms with van der Waals surface area (Å²) in [7, 11) is 0. The Kier molecular flexibility index (Phi) is 7.06. The quantitative estimate of drug-likeness (QED) is 0.701. The Morgan fingerprint density at radius 1 is 0.926 bits per heavy atom. The molecule has 0 unspecified atom stereocenters. The van der Waals surface area contributed by atoms with Gasteiger partial charge in [-0.25, -0.2) is 0 Å². The summed E-state index contributed by atoms with van der Waals surface area (Å²) in [6, 6.07) is 10.4. The molecule has 144 valence electrons. The van der Waals surface area contributed by atoms with Gasteiger partial charge in [-0.15, -0.1) is 0 Å². The molecule has 9 heteroatoms. The van der Waals surface area contributed by atoms with Crippen LogP contribution in [-0.2, 0) is 11.0 Å². The van der Waals surface area contributed by atoms with Crippen LogP contribution in [0, 0.1) is 0 Å². The molecule has 2 N–H and O–H groups in total. The molecule has 0 saturated heterocycles. The lowest BCUT2D eigenvalue weighted by atomic mass is 10.1. The van der Waals surface area contributed by atoms with E-state index in [1.807, 2.05) is 0 Å². The van der Waals surface area contributed by atoms with Crippen molar-refractivity contribution >= 4 is 23.4 Å². The van der Waals surface area contributed by atoms with E-state index < -0.39 is 17.6 Å². The van der Waals surface area contributed by atoms with E-state index in [1.54, 1.807) is 24.3 Å². The maximum Gasteiger partial charge on any atom is 0.416 e. The molecule has 2 aromatic carbocycles. The van der Waals surface area contributed by atoms with Gasteiger partial charge in [-0.2, -0.15) is 13.2 Å². The van der Waals surface area contributed by atoms with Gasteiger partial charge in [-0.1, -0.05) is 11.6 Å². The first-order chi connectivity index (χ1) is 12.8. The van der Waals surface area contributed by atoms with Crippen LogP contribution in [-0.4, -0.2) is 31.5 Å². The Balaban J connectivity index is 1.67. The van der Waals surface area contributed by atoms with Crippen LogP contribution in [0.3, 0.4) is 0 Å². The first-order valence-electron chi connectivity index (χ1n) is 7.86. The Labute approximate surface area is 158 Å². The molecule has 0 aliphatic heterocycles. The van der Waals surface area contributed by atoms with Crippen LogP contribution in [0.15, 0.2) is 48.5 Å². The molecule has 2 amide bonds. The molecule has 2 aromatic rings. The van der Waals surface area contributed by atoms with E-state index in [0.29, 0.717) is 10.8 Å². The molecule has 0 heterocycles. The van der Waals surface area contributed by atoms with Gasteiger partial charge < -0.3 is 15.4 Å². The molecule has 0 bridgehead atoms. The second-order valence-corrected chi connectivity index (χ2v) is 5.86. The zero-order chi connectivity index (χ0) is 19.9. The van der Waals surface area contributed by atoms with E-state index in [9.17, 15) is 22.8 Å². The van der Waals surface area contributed by atoms with Gasteiger partial charge in [0.15, 0.2) is 6.61 Å². The number of hydrogen-bond acceptors (Lipinski definition) is 3. The third kappa shape index (κ3) is 6.82. The molecule has 0 saturated carbocycles. The Morgan fingerprint density at radius 2 is 1.52 bits per heavy atom. The van der Waals surface area contributed by atoms with Crippen LogP contribution in [0.2, 0.25) is 5.02 Å². The van der Waals surface area contributed by atoms with E-state index >= 15 is 0 Å². The zero-order valence-electron chi connectivity index (χ0n) is 14.0. The largest absolute Gasteiger partial charge is 0.484 e. The second kappa shape index (κ2) is 9.27. The fourth-order valence-electron chi connectivity index (χ4n) is 2.02. The lowest BCUT2D eigenvalue weighted by molar-refractivity contribution is -0.137. The highest BCUT2D eigenvalue weighted by Crippen LogP contribution is 2.29. The molecule has 0 radical (unpaired) electrons. The minimum Gasteiger partial charge on any atom is -0.484 e. The Hall–Kier alpha value is -2.74. The van der Waals surface area contributed by atoms with E-state index in [2.05, 4.69) is 10.6 Å². The average molecular weight is 401 g/mol. The number of alkyl halides is 3. The van der Waals surface area contributed by atoms with Gasteiger partial charge in [-0.3, -0.25) is 9.59 Å². The molecule has 0 aromatic heterocycles. The number of hydrogen-bond donors (Lipinski definition) is 2. The first kappa shape index (κ1) is 20.6. The minimum absolute atomic E-state index is 0.0976. The van der Waals surface area contributed by atoms with Crippen molar-refractivity contribution in [3.63, 3.8) is 0 Å². The number of ether oxygens (including phenoxy) is 1. The van der Waals surface area contributed by atoms with E-state index in [4.69, 9.17) is 16.3 Å². The van der Waals surface area contributed by atoms with Crippen LogP contribution in [0.5, 0.6) is 5.75 Å². The molecule has 0 spiro atoms. The van der Waals surface area contributed by atoms with Gasteiger partial charge in [0, 0.05) is 23.7 Å². The third-order valence-corrected chi connectivity index (χ3v) is 3.64. The summed E-state index contributed by atoms with van der Waals surface area (Å²) >= 11 is 5.74. The van der Waals surface area contributed by atoms with Crippen molar-refractivity contribution in [2.24, 2.45) is 0 Å². The molecule has 2 rings (SSSR count). The van der Waals surface area contributed by atoms with Crippen molar-refractivity contribution in [3.05, 3.63) is 64.7 Å². The standard InChI is InChI=1S/C18H16ClF3N2O3/c19-14-5-7-15(8-6-14)27-11-16(25)23-9-10-24-17(26)12-1-3-13(4-2-12)18(20,21)22/h1-8H,9-11H2,(H,23,25)(H,24,26). The van der Waals surface area contributed by atoms with Gasteiger partial charge in [0.2, 0.25) is 0 Å². The molecule has 0 aliphatic carbocycles. The van der Waals surface area contributed by atoms with Gasteiger partial charge >= 0.3 is 6.18 Å². The number of benzene rings is 2. The normalized spacial score (nSPS) is 11.0. The third-order valence-electron chi connectivity index (χ3n) is 3.39. The second-order valence-electron chi connectivity index (χ2n) is 5.42. The fraction of sp³-hybridized carbons (Fsp3) is 0.222. The van der Waals surface area contributed by atoms with Gasteiger partial charge in [0.25, 0.3) is 11.8 Å². The zero-order valence-corrected chi connectivity index (χ0v) is 14.7. The van der Waals surface area contributed by atoms with E-state index in [0.717, 1.165) is 24.3 Å². The van der Waals surface area contributed by atoms with Crippen molar-refractivity contribution in [3.8, 4) is 5.75 Å². The van der Waals surface area contributed by atoms with E-state index in [1.165, 1.54) is 0 Å². The maximum absolute atomic E-state index is 12.5.